The summed E-state index contributed by atoms with van der Waals surface area (Å²) in [6.45, 7) is 0.363. The molecule has 1 aromatic carbocycles. The molecule has 19 heavy (non-hydrogen) atoms. The molecule has 3 N–H and O–H groups in total. The van der Waals surface area contributed by atoms with Crippen molar-refractivity contribution in [1.29, 1.82) is 0 Å². The molecule has 0 aliphatic carbocycles. The van der Waals surface area contributed by atoms with Crippen molar-refractivity contribution in [3.05, 3.63) is 28.2 Å². The molecule has 108 valence electrons. The van der Waals surface area contributed by atoms with Crippen LogP contribution in [0.15, 0.2) is 27.6 Å². The van der Waals surface area contributed by atoms with Gasteiger partial charge in [-0.25, -0.2) is 13.1 Å². The Morgan fingerprint density at radius 3 is 2.42 bits per heavy atom. The average Bonchev–Trinajstić information content (AvgIpc) is 2.27. The van der Waals surface area contributed by atoms with Gasteiger partial charge in [0.2, 0.25) is 10.0 Å². The van der Waals surface area contributed by atoms with Crippen molar-refractivity contribution >= 4 is 26.0 Å². The van der Waals surface area contributed by atoms with E-state index in [2.05, 4.69) is 20.7 Å². The number of sulfonamides is 1. The van der Waals surface area contributed by atoms with E-state index in [-0.39, 0.29) is 17.6 Å². The third kappa shape index (κ3) is 4.75. The first-order chi connectivity index (χ1) is 8.66. The highest BCUT2D eigenvalue weighted by Gasteiger charge is 2.32. The van der Waals surface area contributed by atoms with E-state index in [0.717, 1.165) is 12.1 Å². The minimum Gasteiger partial charge on any atom is -0.330 e. The minimum atomic E-state index is -4.61. The highest BCUT2D eigenvalue weighted by molar-refractivity contribution is 9.10. The molecule has 0 fully saturated rings. The smallest absolute Gasteiger partial charge is 0.330 e. The number of nitrogens with one attached hydrogen (secondary N) is 1. The minimum absolute atomic E-state index is 0.0431. The van der Waals surface area contributed by atoms with Crippen molar-refractivity contribution in [2.75, 3.05) is 13.1 Å². The maximum atomic E-state index is 12.6. The summed E-state index contributed by atoms with van der Waals surface area (Å²) in [6.07, 6.45) is -4.20. The molecule has 0 unspecified atom stereocenters. The number of nitrogens with two attached hydrogens (primary N) is 1. The number of hydrogen-bond donors (Lipinski definition) is 2. The van der Waals surface area contributed by atoms with E-state index < -0.39 is 26.7 Å². The van der Waals surface area contributed by atoms with Crippen LogP contribution in [-0.4, -0.2) is 21.5 Å². The molecule has 0 amide bonds. The fraction of sp³-hybridized carbons (Fsp3) is 0.400. The molecule has 0 atom stereocenters. The molecule has 0 heterocycles. The second-order valence-electron chi connectivity index (χ2n) is 3.71. The zero-order valence-corrected chi connectivity index (χ0v) is 12.1. The number of rotatable bonds is 5. The van der Waals surface area contributed by atoms with E-state index in [0.29, 0.717) is 12.5 Å². The lowest BCUT2D eigenvalue weighted by Crippen LogP contribution is -2.26. The Labute approximate surface area is 117 Å². The summed E-state index contributed by atoms with van der Waals surface area (Å²) in [7, 11) is -3.97. The van der Waals surface area contributed by atoms with E-state index in [1.165, 1.54) is 0 Å². The van der Waals surface area contributed by atoms with Crippen LogP contribution in [0.1, 0.15) is 12.0 Å². The van der Waals surface area contributed by atoms with E-state index in [1.807, 2.05) is 0 Å². The number of alkyl halides is 3. The fourth-order valence-corrected chi connectivity index (χ4v) is 3.06. The van der Waals surface area contributed by atoms with Crippen LogP contribution in [-0.2, 0) is 16.2 Å². The molecule has 0 spiro atoms. The molecule has 0 aliphatic rings. The van der Waals surface area contributed by atoms with E-state index >= 15 is 0 Å². The van der Waals surface area contributed by atoms with Crippen LogP contribution in [0.3, 0.4) is 0 Å². The normalized spacial score (nSPS) is 12.7. The van der Waals surface area contributed by atoms with Gasteiger partial charge in [0, 0.05) is 11.0 Å². The largest absolute Gasteiger partial charge is 0.416 e. The van der Waals surface area contributed by atoms with Crippen molar-refractivity contribution < 1.29 is 21.6 Å². The average molecular weight is 361 g/mol. The molecule has 0 saturated heterocycles. The predicted molar refractivity (Wildman–Crippen MR) is 68.0 cm³/mol. The molecular weight excluding hydrogens is 349 g/mol. The summed E-state index contributed by atoms with van der Waals surface area (Å²) in [5.41, 5.74) is 4.18. The Balaban J connectivity index is 3.10. The van der Waals surface area contributed by atoms with Crippen LogP contribution in [0.5, 0.6) is 0 Å². The van der Waals surface area contributed by atoms with Gasteiger partial charge in [-0.05, 0) is 31.2 Å². The van der Waals surface area contributed by atoms with Crippen LogP contribution >= 0.6 is 15.9 Å². The van der Waals surface area contributed by atoms with Gasteiger partial charge in [0.05, 0.1) is 10.5 Å². The van der Waals surface area contributed by atoms with Crippen molar-refractivity contribution in [1.82, 2.24) is 4.72 Å². The van der Waals surface area contributed by atoms with Gasteiger partial charge in [-0.1, -0.05) is 15.9 Å². The Kier molecular flexibility index (Phi) is 5.36. The molecule has 9 heteroatoms. The number of benzene rings is 1. The summed E-state index contributed by atoms with van der Waals surface area (Å²) >= 11 is 2.87. The van der Waals surface area contributed by atoms with Gasteiger partial charge in [0.1, 0.15) is 0 Å². The first-order valence-corrected chi connectivity index (χ1v) is 7.52. The lowest BCUT2D eigenvalue weighted by Gasteiger charge is -2.11. The Morgan fingerprint density at radius 1 is 1.26 bits per heavy atom. The quantitative estimate of drug-likeness (QED) is 0.789. The van der Waals surface area contributed by atoms with Gasteiger partial charge >= 0.3 is 6.18 Å². The van der Waals surface area contributed by atoms with Crippen molar-refractivity contribution in [3.8, 4) is 0 Å². The summed E-state index contributed by atoms with van der Waals surface area (Å²) in [5, 5.41) is 0. The SMILES string of the molecule is NCCCNS(=O)(=O)c1cc(Br)cc(C(F)(F)F)c1. The van der Waals surface area contributed by atoms with Crippen LogP contribution in [0.4, 0.5) is 13.2 Å². The molecule has 0 aromatic heterocycles. The Bertz CT molecular complexity index is 546. The molecule has 1 aromatic rings. The van der Waals surface area contributed by atoms with E-state index in [9.17, 15) is 21.6 Å². The summed E-state index contributed by atoms with van der Waals surface area (Å²) in [5.74, 6) is 0. The van der Waals surface area contributed by atoms with Crippen molar-refractivity contribution in [2.24, 2.45) is 5.73 Å². The first-order valence-electron chi connectivity index (χ1n) is 5.24. The molecule has 0 aliphatic heterocycles. The Hall–Kier alpha value is -0.640. The monoisotopic (exact) mass is 360 g/mol. The highest BCUT2D eigenvalue weighted by atomic mass is 79.9. The van der Waals surface area contributed by atoms with E-state index in [1.54, 1.807) is 0 Å². The van der Waals surface area contributed by atoms with Gasteiger partial charge < -0.3 is 5.73 Å². The van der Waals surface area contributed by atoms with Crippen LogP contribution in [0.2, 0.25) is 0 Å². The zero-order valence-electron chi connectivity index (χ0n) is 9.67. The van der Waals surface area contributed by atoms with Crippen LogP contribution in [0.25, 0.3) is 0 Å². The van der Waals surface area contributed by atoms with Gasteiger partial charge in [0.15, 0.2) is 0 Å². The van der Waals surface area contributed by atoms with Crippen LogP contribution in [0, 0.1) is 0 Å². The maximum absolute atomic E-state index is 12.6. The fourth-order valence-electron chi connectivity index (χ4n) is 1.27. The van der Waals surface area contributed by atoms with Crippen LogP contribution < -0.4 is 10.5 Å². The van der Waals surface area contributed by atoms with Gasteiger partial charge in [-0.15, -0.1) is 0 Å². The van der Waals surface area contributed by atoms with Gasteiger partial charge in [-0.3, -0.25) is 0 Å². The third-order valence-electron chi connectivity index (χ3n) is 2.18. The Morgan fingerprint density at radius 2 is 1.89 bits per heavy atom. The molecular formula is C10H12BrF3N2O2S. The van der Waals surface area contributed by atoms with Gasteiger partial charge in [-0.2, -0.15) is 13.2 Å². The topological polar surface area (TPSA) is 72.2 Å². The highest BCUT2D eigenvalue weighted by Crippen LogP contribution is 2.33. The first kappa shape index (κ1) is 16.4. The zero-order chi connectivity index (χ0) is 14.7. The lowest BCUT2D eigenvalue weighted by molar-refractivity contribution is -0.137. The molecule has 4 nitrogen and oxygen atoms in total. The second kappa shape index (κ2) is 6.21. The summed E-state index contributed by atoms with van der Waals surface area (Å²) in [4.78, 5) is -0.439. The lowest BCUT2D eigenvalue weighted by atomic mass is 10.2. The van der Waals surface area contributed by atoms with Gasteiger partial charge in [0.25, 0.3) is 0 Å². The van der Waals surface area contributed by atoms with Crippen molar-refractivity contribution in [2.45, 2.75) is 17.5 Å². The van der Waals surface area contributed by atoms with Crippen molar-refractivity contribution in [3.63, 3.8) is 0 Å². The predicted octanol–water partition coefficient (Wildman–Crippen LogP) is 2.10. The van der Waals surface area contributed by atoms with E-state index in [4.69, 9.17) is 5.73 Å². The molecule has 0 saturated carbocycles. The summed E-state index contributed by atoms with van der Waals surface area (Å²) in [6, 6.07) is 2.52. The number of hydrogen-bond acceptors (Lipinski definition) is 3. The maximum Gasteiger partial charge on any atom is 0.416 e. The summed E-state index contributed by atoms with van der Waals surface area (Å²) < 4.78 is 63.6. The molecule has 0 bridgehead atoms. The molecule has 1 rings (SSSR count). The molecule has 0 radical (unpaired) electrons. The second-order valence-corrected chi connectivity index (χ2v) is 6.40. The third-order valence-corrected chi connectivity index (χ3v) is 4.08. The standard InChI is InChI=1S/C10H12BrF3N2O2S/c11-8-4-7(10(12,13)14)5-9(6-8)19(17,18)16-3-1-2-15/h4-6,16H,1-3,15H2. The number of halogens is 4.